The predicted molar refractivity (Wildman–Crippen MR) is 80.9 cm³/mol. The molecule has 0 aromatic heterocycles. The van der Waals surface area contributed by atoms with Gasteiger partial charge in [-0.25, -0.2) is 4.39 Å². The summed E-state index contributed by atoms with van der Waals surface area (Å²) in [4.78, 5) is 16.1. The van der Waals surface area contributed by atoms with E-state index >= 15 is 0 Å². The zero-order valence-electron chi connectivity index (χ0n) is 12.7. The van der Waals surface area contributed by atoms with Gasteiger partial charge in [-0.05, 0) is 44.5 Å². The average Bonchev–Trinajstić information content (AvgIpc) is 2.71. The maximum atomic E-state index is 13.0. The number of hydrogen-bond acceptors (Lipinski definition) is 3. The van der Waals surface area contributed by atoms with Crippen LogP contribution in [0.15, 0.2) is 24.3 Å². The normalized spacial score (nSPS) is 16.2. The molecule has 21 heavy (non-hydrogen) atoms. The Kier molecular flexibility index (Phi) is 5.56. The van der Waals surface area contributed by atoms with Gasteiger partial charge in [0.15, 0.2) is 0 Å². The van der Waals surface area contributed by atoms with E-state index in [2.05, 4.69) is 4.90 Å². The Hall–Kier alpha value is -1.62. The standard InChI is InChI=1S/C16H23FN2O2/c1-13(2)21-12-16(20)19-9-3-8-18(10-11-19)15-6-4-14(17)5-7-15/h4-7,13H,3,8-12H2,1-2H3. The molecule has 0 bridgehead atoms. The zero-order chi connectivity index (χ0) is 15.2. The van der Waals surface area contributed by atoms with E-state index in [-0.39, 0.29) is 24.4 Å². The molecular weight excluding hydrogens is 271 g/mol. The minimum absolute atomic E-state index is 0.0460. The number of anilines is 1. The summed E-state index contributed by atoms with van der Waals surface area (Å²) >= 11 is 0. The molecule has 4 nitrogen and oxygen atoms in total. The van der Waals surface area contributed by atoms with E-state index in [1.165, 1.54) is 12.1 Å². The molecule has 116 valence electrons. The number of benzene rings is 1. The van der Waals surface area contributed by atoms with E-state index < -0.39 is 0 Å². The van der Waals surface area contributed by atoms with Gasteiger partial charge in [0.05, 0.1) is 6.10 Å². The lowest BCUT2D eigenvalue weighted by Gasteiger charge is -2.24. The van der Waals surface area contributed by atoms with E-state index in [1.54, 1.807) is 12.1 Å². The minimum atomic E-state index is -0.226. The van der Waals surface area contributed by atoms with Crippen molar-refractivity contribution in [3.63, 3.8) is 0 Å². The Bertz CT molecular complexity index is 462. The quantitative estimate of drug-likeness (QED) is 0.854. The van der Waals surface area contributed by atoms with Crippen LogP contribution < -0.4 is 4.90 Å². The summed E-state index contributed by atoms with van der Waals surface area (Å²) in [6, 6.07) is 6.52. The van der Waals surface area contributed by atoms with Crippen molar-refractivity contribution in [3.8, 4) is 0 Å². The molecular formula is C16H23FN2O2. The van der Waals surface area contributed by atoms with Gasteiger partial charge in [-0.3, -0.25) is 4.79 Å². The summed E-state index contributed by atoms with van der Waals surface area (Å²) in [5, 5.41) is 0. The van der Waals surface area contributed by atoms with Gasteiger partial charge >= 0.3 is 0 Å². The van der Waals surface area contributed by atoms with E-state index in [0.29, 0.717) is 6.54 Å². The second-order valence-electron chi connectivity index (χ2n) is 5.56. The molecule has 0 spiro atoms. The van der Waals surface area contributed by atoms with E-state index in [0.717, 1.165) is 31.7 Å². The highest BCUT2D eigenvalue weighted by Gasteiger charge is 2.19. The first-order valence-corrected chi connectivity index (χ1v) is 7.46. The van der Waals surface area contributed by atoms with Crippen LogP contribution in [0.1, 0.15) is 20.3 Å². The number of hydrogen-bond donors (Lipinski definition) is 0. The molecule has 1 aliphatic rings. The van der Waals surface area contributed by atoms with Crippen LogP contribution >= 0.6 is 0 Å². The van der Waals surface area contributed by atoms with Gasteiger partial charge in [0.2, 0.25) is 5.91 Å². The fourth-order valence-electron chi connectivity index (χ4n) is 2.41. The molecule has 0 unspecified atom stereocenters. The first-order valence-electron chi connectivity index (χ1n) is 7.46. The molecule has 0 saturated carbocycles. The predicted octanol–water partition coefficient (Wildman–Crippen LogP) is 2.29. The summed E-state index contributed by atoms with van der Waals surface area (Å²) in [5.74, 6) is -0.180. The summed E-state index contributed by atoms with van der Waals surface area (Å²) in [5.41, 5.74) is 1.00. The van der Waals surface area contributed by atoms with Gasteiger partial charge in [-0.1, -0.05) is 0 Å². The Morgan fingerprint density at radius 2 is 1.90 bits per heavy atom. The number of carbonyl (C=O) groups is 1. The lowest BCUT2D eigenvalue weighted by atomic mass is 10.2. The smallest absolute Gasteiger partial charge is 0.248 e. The topological polar surface area (TPSA) is 32.8 Å². The maximum absolute atomic E-state index is 13.0. The third-order valence-electron chi connectivity index (χ3n) is 3.58. The number of ether oxygens (including phenoxy) is 1. The molecule has 0 N–H and O–H groups in total. The Labute approximate surface area is 125 Å². The van der Waals surface area contributed by atoms with Crippen LogP contribution in [-0.2, 0) is 9.53 Å². The molecule has 0 radical (unpaired) electrons. The van der Waals surface area contributed by atoms with E-state index in [1.807, 2.05) is 18.7 Å². The van der Waals surface area contributed by atoms with Crippen molar-refractivity contribution in [1.82, 2.24) is 4.90 Å². The van der Waals surface area contributed by atoms with Gasteiger partial charge in [0, 0.05) is 31.9 Å². The van der Waals surface area contributed by atoms with Gasteiger partial charge in [-0.2, -0.15) is 0 Å². The molecule has 1 aromatic rings. The Balaban J connectivity index is 1.89. The number of halogens is 1. The molecule has 1 fully saturated rings. The molecule has 0 aliphatic carbocycles. The van der Waals surface area contributed by atoms with Crippen molar-refractivity contribution in [3.05, 3.63) is 30.1 Å². The van der Waals surface area contributed by atoms with Crippen LogP contribution in [0.5, 0.6) is 0 Å². The van der Waals surface area contributed by atoms with Crippen LogP contribution in [0.25, 0.3) is 0 Å². The molecule has 1 amide bonds. The van der Waals surface area contributed by atoms with Crippen LogP contribution in [-0.4, -0.2) is 49.7 Å². The van der Waals surface area contributed by atoms with Crippen LogP contribution in [0.2, 0.25) is 0 Å². The largest absolute Gasteiger partial charge is 0.370 e. The lowest BCUT2D eigenvalue weighted by Crippen LogP contribution is -2.37. The van der Waals surface area contributed by atoms with Crippen molar-refractivity contribution in [2.75, 3.05) is 37.7 Å². The molecule has 1 aliphatic heterocycles. The van der Waals surface area contributed by atoms with Crippen molar-refractivity contribution in [2.24, 2.45) is 0 Å². The van der Waals surface area contributed by atoms with Crippen molar-refractivity contribution < 1.29 is 13.9 Å². The van der Waals surface area contributed by atoms with Crippen LogP contribution in [0.3, 0.4) is 0 Å². The highest BCUT2D eigenvalue weighted by Crippen LogP contribution is 2.17. The van der Waals surface area contributed by atoms with Crippen molar-refractivity contribution >= 4 is 11.6 Å². The van der Waals surface area contributed by atoms with Crippen molar-refractivity contribution in [2.45, 2.75) is 26.4 Å². The number of carbonyl (C=O) groups excluding carboxylic acids is 1. The number of nitrogens with zero attached hydrogens (tertiary/aromatic N) is 2. The first-order chi connectivity index (χ1) is 10.1. The molecule has 1 saturated heterocycles. The van der Waals surface area contributed by atoms with Crippen molar-refractivity contribution in [1.29, 1.82) is 0 Å². The second kappa shape index (κ2) is 7.41. The summed E-state index contributed by atoms with van der Waals surface area (Å²) < 4.78 is 18.3. The number of rotatable bonds is 4. The minimum Gasteiger partial charge on any atom is -0.370 e. The van der Waals surface area contributed by atoms with Gasteiger partial charge in [0.25, 0.3) is 0 Å². The molecule has 5 heteroatoms. The molecule has 0 atom stereocenters. The number of amides is 1. The fourth-order valence-corrected chi connectivity index (χ4v) is 2.41. The molecule has 1 heterocycles. The summed E-state index contributed by atoms with van der Waals surface area (Å²) in [7, 11) is 0. The first kappa shape index (κ1) is 15.8. The Morgan fingerprint density at radius 3 is 2.57 bits per heavy atom. The summed E-state index contributed by atoms with van der Waals surface area (Å²) in [6.45, 7) is 7.06. The van der Waals surface area contributed by atoms with E-state index in [4.69, 9.17) is 4.74 Å². The van der Waals surface area contributed by atoms with Crippen LogP contribution in [0, 0.1) is 5.82 Å². The zero-order valence-corrected chi connectivity index (χ0v) is 12.7. The SMILES string of the molecule is CC(C)OCC(=O)N1CCCN(c2ccc(F)cc2)CC1. The lowest BCUT2D eigenvalue weighted by molar-refractivity contribution is -0.137. The average molecular weight is 294 g/mol. The highest BCUT2D eigenvalue weighted by atomic mass is 19.1. The maximum Gasteiger partial charge on any atom is 0.248 e. The van der Waals surface area contributed by atoms with Gasteiger partial charge in [0.1, 0.15) is 12.4 Å². The van der Waals surface area contributed by atoms with Crippen LogP contribution in [0.4, 0.5) is 10.1 Å². The Morgan fingerprint density at radius 1 is 1.19 bits per heavy atom. The fraction of sp³-hybridized carbons (Fsp3) is 0.562. The van der Waals surface area contributed by atoms with Gasteiger partial charge in [-0.15, -0.1) is 0 Å². The third-order valence-corrected chi connectivity index (χ3v) is 3.58. The van der Waals surface area contributed by atoms with Gasteiger partial charge < -0.3 is 14.5 Å². The highest BCUT2D eigenvalue weighted by molar-refractivity contribution is 5.77. The molecule has 2 rings (SSSR count). The monoisotopic (exact) mass is 294 g/mol. The second-order valence-corrected chi connectivity index (χ2v) is 5.56. The van der Waals surface area contributed by atoms with E-state index in [9.17, 15) is 9.18 Å². The third kappa shape index (κ3) is 4.70. The summed E-state index contributed by atoms with van der Waals surface area (Å²) in [6.07, 6.45) is 0.974. The molecule has 1 aromatic carbocycles.